The second-order valence-corrected chi connectivity index (χ2v) is 9.87. The maximum absolute atomic E-state index is 11.2. The molecule has 3 heterocycles. The average molecular weight is 374 g/mol. The van der Waals surface area contributed by atoms with E-state index in [0.717, 1.165) is 36.6 Å². The van der Waals surface area contributed by atoms with Gasteiger partial charge >= 0.3 is 5.97 Å². The van der Waals surface area contributed by atoms with Gasteiger partial charge in [-0.25, -0.2) is 9.97 Å². The molecule has 0 bridgehead atoms. The van der Waals surface area contributed by atoms with Crippen LogP contribution in [0.5, 0.6) is 0 Å². The Morgan fingerprint density at radius 2 is 1.96 bits per heavy atom. The lowest BCUT2D eigenvalue weighted by Gasteiger charge is -2.34. The Bertz CT molecular complexity index is 831. The van der Waals surface area contributed by atoms with E-state index in [-0.39, 0.29) is 5.92 Å². The molecule has 4 rings (SSSR count). The number of carboxylic acid groups (broad SMARTS) is 1. The zero-order chi connectivity index (χ0) is 18.5. The molecule has 1 atom stereocenters. The molecule has 2 aromatic heterocycles. The van der Waals surface area contributed by atoms with E-state index >= 15 is 0 Å². The summed E-state index contributed by atoms with van der Waals surface area (Å²) in [5.41, 5.74) is 1.78. The number of aryl methyl sites for hydroxylation is 1. The molecule has 1 N–H and O–H groups in total. The van der Waals surface area contributed by atoms with E-state index in [4.69, 9.17) is 0 Å². The van der Waals surface area contributed by atoms with Crippen LogP contribution in [0.1, 0.15) is 50.5 Å². The van der Waals surface area contributed by atoms with Crippen LogP contribution in [0.2, 0.25) is 0 Å². The number of aromatic nitrogens is 2. The van der Waals surface area contributed by atoms with Gasteiger partial charge < -0.3 is 10.0 Å². The minimum Gasteiger partial charge on any atom is -0.481 e. The van der Waals surface area contributed by atoms with Gasteiger partial charge in [0.1, 0.15) is 17.0 Å². The van der Waals surface area contributed by atoms with Crippen LogP contribution < -0.4 is 4.90 Å². The first-order chi connectivity index (χ1) is 12.3. The third kappa shape index (κ3) is 3.08. The Morgan fingerprint density at radius 3 is 2.62 bits per heavy atom. The molecule has 6 heteroatoms. The molecular weight excluding hydrogens is 346 g/mol. The molecule has 5 nitrogen and oxygen atoms in total. The third-order valence-corrected chi connectivity index (χ3v) is 7.36. The highest BCUT2D eigenvalue weighted by molar-refractivity contribution is 7.19. The molecule has 0 amide bonds. The lowest BCUT2D eigenvalue weighted by atomic mass is 9.72. The molecular formula is C20H27N3O2S. The van der Waals surface area contributed by atoms with Crippen molar-refractivity contribution < 1.29 is 9.90 Å². The summed E-state index contributed by atoms with van der Waals surface area (Å²) < 4.78 is 0. The van der Waals surface area contributed by atoms with Crippen molar-refractivity contribution in [2.24, 2.45) is 17.3 Å². The number of piperidine rings is 1. The topological polar surface area (TPSA) is 66.3 Å². The number of anilines is 1. The van der Waals surface area contributed by atoms with Gasteiger partial charge in [-0.15, -0.1) is 11.3 Å². The van der Waals surface area contributed by atoms with E-state index < -0.39 is 5.97 Å². The fourth-order valence-corrected chi connectivity index (χ4v) is 5.67. The SMILES string of the molecule is CC(C)(C)C1CCc2c(sc3ncnc(N4CCC(C(=O)O)CC4)c23)C1. The van der Waals surface area contributed by atoms with Crippen molar-refractivity contribution in [3.05, 3.63) is 16.8 Å². The fourth-order valence-electron chi connectivity index (χ4n) is 4.41. The van der Waals surface area contributed by atoms with E-state index in [9.17, 15) is 9.90 Å². The van der Waals surface area contributed by atoms with Crippen LogP contribution in [0.4, 0.5) is 5.82 Å². The first kappa shape index (κ1) is 17.7. The predicted octanol–water partition coefficient (Wildman–Crippen LogP) is 4.14. The number of fused-ring (bicyclic) bond motifs is 3. The molecule has 1 aliphatic heterocycles. The Hall–Kier alpha value is -1.69. The van der Waals surface area contributed by atoms with Crippen LogP contribution in [-0.2, 0) is 17.6 Å². The third-order valence-electron chi connectivity index (χ3n) is 6.19. The lowest BCUT2D eigenvalue weighted by Crippen LogP contribution is -2.37. The molecule has 140 valence electrons. The fraction of sp³-hybridized carbons (Fsp3) is 0.650. The molecule has 1 aliphatic carbocycles. The smallest absolute Gasteiger partial charge is 0.306 e. The number of thiophene rings is 1. The molecule has 0 saturated carbocycles. The van der Waals surface area contributed by atoms with Gasteiger partial charge in [-0.3, -0.25) is 4.79 Å². The van der Waals surface area contributed by atoms with Crippen LogP contribution in [0.3, 0.4) is 0 Å². The summed E-state index contributed by atoms with van der Waals surface area (Å²) in [4.78, 5) is 25.3. The number of rotatable bonds is 2. The Labute approximate surface area is 158 Å². The Kier molecular flexibility index (Phi) is 4.41. The normalized spacial score (nSPS) is 21.8. The highest BCUT2D eigenvalue weighted by Crippen LogP contribution is 2.45. The average Bonchev–Trinajstić information content (AvgIpc) is 2.99. The van der Waals surface area contributed by atoms with Crippen LogP contribution in [0.25, 0.3) is 10.2 Å². The van der Waals surface area contributed by atoms with Crippen molar-refractivity contribution in [3.63, 3.8) is 0 Å². The van der Waals surface area contributed by atoms with E-state index in [1.165, 1.54) is 22.2 Å². The quantitative estimate of drug-likeness (QED) is 0.857. The zero-order valence-corrected chi connectivity index (χ0v) is 16.6. The number of carboxylic acids is 1. The van der Waals surface area contributed by atoms with Crippen LogP contribution in [0.15, 0.2) is 6.33 Å². The summed E-state index contributed by atoms with van der Waals surface area (Å²) in [7, 11) is 0. The molecule has 1 saturated heterocycles. The van der Waals surface area contributed by atoms with Gasteiger partial charge in [-0.1, -0.05) is 20.8 Å². The lowest BCUT2D eigenvalue weighted by molar-refractivity contribution is -0.142. The summed E-state index contributed by atoms with van der Waals surface area (Å²) in [6.07, 6.45) is 6.52. The minimum atomic E-state index is -0.668. The highest BCUT2D eigenvalue weighted by atomic mass is 32.1. The van der Waals surface area contributed by atoms with Gasteiger partial charge in [-0.2, -0.15) is 0 Å². The Balaban J connectivity index is 1.66. The van der Waals surface area contributed by atoms with E-state index in [1.54, 1.807) is 6.33 Å². The van der Waals surface area contributed by atoms with Gasteiger partial charge in [0.05, 0.1) is 11.3 Å². The van der Waals surface area contributed by atoms with E-state index in [1.807, 2.05) is 11.3 Å². The molecule has 0 spiro atoms. The second-order valence-electron chi connectivity index (χ2n) is 8.79. The van der Waals surface area contributed by atoms with Gasteiger partial charge in [0, 0.05) is 18.0 Å². The number of hydrogen-bond acceptors (Lipinski definition) is 5. The van der Waals surface area contributed by atoms with Crippen molar-refractivity contribution in [3.8, 4) is 0 Å². The van der Waals surface area contributed by atoms with Gasteiger partial charge in [0.25, 0.3) is 0 Å². The van der Waals surface area contributed by atoms with Gasteiger partial charge in [0.15, 0.2) is 0 Å². The summed E-state index contributed by atoms with van der Waals surface area (Å²) in [5, 5.41) is 10.5. The first-order valence-corrected chi connectivity index (χ1v) is 10.4. The van der Waals surface area contributed by atoms with Crippen LogP contribution in [0, 0.1) is 17.3 Å². The summed E-state index contributed by atoms with van der Waals surface area (Å²) in [5.74, 6) is 0.850. The molecule has 0 aromatic carbocycles. The molecule has 2 aliphatic rings. The van der Waals surface area contributed by atoms with Crippen molar-refractivity contribution in [2.45, 2.75) is 52.9 Å². The molecule has 2 aromatic rings. The number of aliphatic carboxylic acids is 1. The standard InChI is InChI=1S/C20H27N3O2S/c1-20(2,3)13-4-5-14-15(10-13)26-18-16(14)17(21-11-22-18)23-8-6-12(7-9-23)19(24)25/h11-13H,4-10H2,1-3H3,(H,24,25). The summed E-state index contributed by atoms with van der Waals surface area (Å²) in [6, 6.07) is 0. The number of nitrogens with zero attached hydrogens (tertiary/aromatic N) is 3. The van der Waals surface area contributed by atoms with Crippen LogP contribution >= 0.6 is 11.3 Å². The first-order valence-electron chi connectivity index (χ1n) is 9.57. The van der Waals surface area contributed by atoms with Crippen molar-refractivity contribution >= 4 is 33.3 Å². The van der Waals surface area contributed by atoms with E-state index in [2.05, 4.69) is 35.6 Å². The minimum absolute atomic E-state index is 0.215. The van der Waals surface area contributed by atoms with Crippen molar-refractivity contribution in [1.29, 1.82) is 0 Å². The molecule has 1 fully saturated rings. The number of carbonyl (C=O) groups is 1. The largest absolute Gasteiger partial charge is 0.481 e. The van der Waals surface area contributed by atoms with Crippen molar-refractivity contribution in [1.82, 2.24) is 9.97 Å². The highest BCUT2D eigenvalue weighted by Gasteiger charge is 2.33. The van der Waals surface area contributed by atoms with Crippen LogP contribution in [-0.4, -0.2) is 34.1 Å². The monoisotopic (exact) mass is 373 g/mol. The second kappa shape index (κ2) is 6.48. The molecule has 1 unspecified atom stereocenters. The zero-order valence-electron chi connectivity index (χ0n) is 15.8. The molecule has 0 radical (unpaired) electrons. The molecule has 26 heavy (non-hydrogen) atoms. The van der Waals surface area contributed by atoms with Gasteiger partial charge in [-0.05, 0) is 49.0 Å². The summed E-state index contributed by atoms with van der Waals surface area (Å²) in [6.45, 7) is 8.55. The van der Waals surface area contributed by atoms with E-state index in [0.29, 0.717) is 24.2 Å². The maximum atomic E-state index is 11.2. The maximum Gasteiger partial charge on any atom is 0.306 e. The van der Waals surface area contributed by atoms with Gasteiger partial charge in [0.2, 0.25) is 0 Å². The summed E-state index contributed by atoms with van der Waals surface area (Å²) >= 11 is 1.83. The van der Waals surface area contributed by atoms with Crippen molar-refractivity contribution in [2.75, 3.05) is 18.0 Å². The number of hydrogen-bond donors (Lipinski definition) is 1. The predicted molar refractivity (Wildman–Crippen MR) is 105 cm³/mol. The Morgan fingerprint density at radius 1 is 1.23 bits per heavy atom.